The maximum atomic E-state index is 10.7. The van der Waals surface area contributed by atoms with Crippen LogP contribution in [0.5, 0.6) is 5.75 Å². The van der Waals surface area contributed by atoms with Gasteiger partial charge in [0.05, 0.1) is 11.2 Å². The van der Waals surface area contributed by atoms with Gasteiger partial charge in [-0.15, -0.1) is 0 Å². The van der Waals surface area contributed by atoms with E-state index in [4.69, 9.17) is 16.7 Å². The average molecular weight is 239 g/mol. The summed E-state index contributed by atoms with van der Waals surface area (Å²) in [5.74, 6) is -1.21. The van der Waals surface area contributed by atoms with Gasteiger partial charge in [-0.3, -0.25) is 0 Å². The molecule has 2 N–H and O–H groups in total. The van der Waals surface area contributed by atoms with Crippen molar-refractivity contribution in [3.8, 4) is 11.4 Å². The molecule has 0 aliphatic rings. The van der Waals surface area contributed by atoms with Gasteiger partial charge in [-0.25, -0.2) is 9.48 Å². The molecule has 0 saturated heterocycles. The Labute approximate surface area is 95.5 Å². The molecule has 1 aromatic heterocycles. The fraction of sp³-hybridized carbons (Fsp3) is 0. The number of phenolic OH excluding ortho intramolecular Hbond substituents is 1. The van der Waals surface area contributed by atoms with Crippen LogP contribution in [0.3, 0.4) is 0 Å². The van der Waals surface area contributed by atoms with Crippen molar-refractivity contribution in [3.63, 3.8) is 0 Å². The Hall–Kier alpha value is -2.01. The second-order valence-corrected chi connectivity index (χ2v) is 3.47. The molecule has 0 spiro atoms. The lowest BCUT2D eigenvalue weighted by Gasteiger charge is -2.02. The number of carboxylic acids is 1. The summed E-state index contributed by atoms with van der Waals surface area (Å²) in [5, 5.41) is 22.1. The van der Waals surface area contributed by atoms with Crippen LogP contribution >= 0.6 is 11.6 Å². The van der Waals surface area contributed by atoms with Crippen LogP contribution in [0.15, 0.2) is 30.5 Å². The van der Waals surface area contributed by atoms with Crippen LogP contribution in [0.25, 0.3) is 5.69 Å². The van der Waals surface area contributed by atoms with E-state index in [2.05, 4.69) is 5.10 Å². The monoisotopic (exact) mass is 238 g/mol. The molecule has 0 saturated carbocycles. The summed E-state index contributed by atoms with van der Waals surface area (Å²) in [6.45, 7) is 0. The first-order chi connectivity index (χ1) is 7.59. The molecule has 2 aromatic rings. The number of aromatic carboxylic acids is 1. The van der Waals surface area contributed by atoms with Crippen molar-refractivity contribution < 1.29 is 15.0 Å². The first kappa shape index (κ1) is 10.5. The lowest BCUT2D eigenvalue weighted by Crippen LogP contribution is -2.01. The van der Waals surface area contributed by atoms with E-state index < -0.39 is 5.97 Å². The number of phenols is 1. The minimum Gasteiger partial charge on any atom is -0.506 e. The number of hydrogen-bond donors (Lipinski definition) is 2. The molecule has 1 heterocycles. The summed E-state index contributed by atoms with van der Waals surface area (Å²) >= 11 is 5.70. The predicted molar refractivity (Wildman–Crippen MR) is 57.2 cm³/mol. The number of benzene rings is 1. The largest absolute Gasteiger partial charge is 0.506 e. The van der Waals surface area contributed by atoms with E-state index in [0.717, 1.165) is 0 Å². The van der Waals surface area contributed by atoms with Crippen molar-refractivity contribution >= 4 is 17.6 Å². The maximum absolute atomic E-state index is 10.7. The van der Waals surface area contributed by atoms with Gasteiger partial charge in [0.2, 0.25) is 0 Å². The molecule has 0 radical (unpaired) electrons. The third kappa shape index (κ3) is 1.72. The van der Waals surface area contributed by atoms with Gasteiger partial charge in [0.25, 0.3) is 0 Å². The van der Waals surface area contributed by atoms with Gasteiger partial charge >= 0.3 is 5.97 Å². The molecule has 0 amide bonds. The zero-order chi connectivity index (χ0) is 11.7. The minimum atomic E-state index is -1.21. The van der Waals surface area contributed by atoms with Crippen molar-refractivity contribution in [2.75, 3.05) is 0 Å². The number of aromatic nitrogens is 2. The predicted octanol–water partition coefficient (Wildman–Crippen LogP) is 1.93. The number of nitrogens with zero attached hydrogens (tertiary/aromatic N) is 2. The highest BCUT2D eigenvalue weighted by atomic mass is 35.5. The molecule has 2 rings (SSSR count). The van der Waals surface area contributed by atoms with E-state index >= 15 is 0 Å². The van der Waals surface area contributed by atoms with E-state index in [1.807, 2.05) is 0 Å². The van der Waals surface area contributed by atoms with E-state index in [1.165, 1.54) is 16.9 Å². The van der Waals surface area contributed by atoms with Gasteiger partial charge in [0, 0.05) is 0 Å². The molecule has 0 aliphatic heterocycles. The van der Waals surface area contributed by atoms with Gasteiger partial charge in [-0.2, -0.15) is 5.10 Å². The van der Waals surface area contributed by atoms with Crippen LogP contribution < -0.4 is 0 Å². The third-order valence-corrected chi connectivity index (χ3v) is 2.28. The SMILES string of the molecule is O=C(O)c1nn(-c2ccccc2O)cc1Cl. The number of aromatic hydroxyl groups is 1. The summed E-state index contributed by atoms with van der Waals surface area (Å²) in [6.07, 6.45) is 1.33. The Morgan fingerprint density at radius 1 is 1.38 bits per heavy atom. The first-order valence-electron chi connectivity index (χ1n) is 4.36. The molecule has 82 valence electrons. The van der Waals surface area contributed by atoms with Crippen molar-refractivity contribution in [3.05, 3.63) is 41.2 Å². The smallest absolute Gasteiger partial charge is 0.357 e. The quantitative estimate of drug-likeness (QED) is 0.838. The Bertz CT molecular complexity index is 551. The van der Waals surface area contributed by atoms with Crippen LogP contribution in [0.4, 0.5) is 0 Å². The second kappa shape index (κ2) is 3.86. The summed E-state index contributed by atoms with van der Waals surface area (Å²) in [7, 11) is 0. The van der Waals surface area contributed by atoms with Crippen LogP contribution in [-0.4, -0.2) is 26.0 Å². The van der Waals surface area contributed by atoms with Crippen molar-refractivity contribution in [1.82, 2.24) is 9.78 Å². The van der Waals surface area contributed by atoms with Crippen LogP contribution in [-0.2, 0) is 0 Å². The van der Waals surface area contributed by atoms with E-state index in [0.29, 0.717) is 5.69 Å². The standard InChI is InChI=1S/C10H7ClN2O3/c11-6-5-13(12-9(6)10(15)16)7-3-1-2-4-8(7)14/h1-5,14H,(H,15,16). The van der Waals surface area contributed by atoms with Crippen LogP contribution in [0.1, 0.15) is 10.5 Å². The highest BCUT2D eigenvalue weighted by Gasteiger charge is 2.15. The number of carbonyl (C=O) groups is 1. The van der Waals surface area contributed by atoms with Gasteiger partial charge in [-0.05, 0) is 12.1 Å². The first-order valence-corrected chi connectivity index (χ1v) is 4.74. The van der Waals surface area contributed by atoms with E-state index in [-0.39, 0.29) is 16.5 Å². The highest BCUT2D eigenvalue weighted by molar-refractivity contribution is 6.33. The number of hydrogen-bond acceptors (Lipinski definition) is 3. The topological polar surface area (TPSA) is 75.3 Å². The van der Waals surface area contributed by atoms with Gasteiger partial charge in [-0.1, -0.05) is 23.7 Å². The summed E-state index contributed by atoms with van der Waals surface area (Å²) in [5.41, 5.74) is 0.127. The zero-order valence-corrected chi connectivity index (χ0v) is 8.72. The Balaban J connectivity index is 2.54. The molecular formula is C10H7ClN2O3. The van der Waals surface area contributed by atoms with Crippen LogP contribution in [0, 0.1) is 0 Å². The molecule has 0 atom stereocenters. The minimum absolute atomic E-state index is 0.00129. The number of para-hydroxylation sites is 2. The molecule has 0 aliphatic carbocycles. The lowest BCUT2D eigenvalue weighted by molar-refractivity contribution is 0.0690. The molecule has 0 bridgehead atoms. The molecule has 0 unspecified atom stereocenters. The van der Waals surface area contributed by atoms with Gasteiger partial charge in [0.1, 0.15) is 11.4 Å². The molecule has 16 heavy (non-hydrogen) atoms. The fourth-order valence-corrected chi connectivity index (χ4v) is 1.49. The Morgan fingerprint density at radius 2 is 2.06 bits per heavy atom. The van der Waals surface area contributed by atoms with Crippen LogP contribution in [0.2, 0.25) is 5.02 Å². The highest BCUT2D eigenvalue weighted by Crippen LogP contribution is 2.23. The van der Waals surface area contributed by atoms with Gasteiger partial charge in [0.15, 0.2) is 5.69 Å². The third-order valence-electron chi connectivity index (χ3n) is 2.00. The molecular weight excluding hydrogens is 232 g/mol. The normalized spacial score (nSPS) is 10.3. The molecule has 6 heteroatoms. The van der Waals surface area contributed by atoms with Crippen molar-refractivity contribution in [1.29, 1.82) is 0 Å². The second-order valence-electron chi connectivity index (χ2n) is 3.06. The molecule has 1 aromatic carbocycles. The van der Waals surface area contributed by atoms with Crippen molar-refractivity contribution in [2.45, 2.75) is 0 Å². The fourth-order valence-electron chi connectivity index (χ4n) is 1.28. The average Bonchev–Trinajstić information content (AvgIpc) is 2.61. The zero-order valence-electron chi connectivity index (χ0n) is 7.96. The van der Waals surface area contributed by atoms with Gasteiger partial charge < -0.3 is 10.2 Å². The van der Waals surface area contributed by atoms with E-state index in [1.54, 1.807) is 18.2 Å². The summed E-state index contributed by atoms with van der Waals surface area (Å²) in [4.78, 5) is 10.7. The molecule has 0 fully saturated rings. The Kier molecular flexibility index (Phi) is 2.54. The Morgan fingerprint density at radius 3 is 2.62 bits per heavy atom. The van der Waals surface area contributed by atoms with E-state index in [9.17, 15) is 9.90 Å². The summed E-state index contributed by atoms with van der Waals surface area (Å²) < 4.78 is 1.22. The number of rotatable bonds is 2. The number of carboxylic acid groups (broad SMARTS) is 1. The number of halogens is 1. The summed E-state index contributed by atoms with van der Waals surface area (Å²) in [6, 6.07) is 6.43. The van der Waals surface area contributed by atoms with Crippen molar-refractivity contribution in [2.24, 2.45) is 0 Å². The lowest BCUT2D eigenvalue weighted by atomic mass is 10.3. The maximum Gasteiger partial charge on any atom is 0.357 e. The molecule has 5 nitrogen and oxygen atoms in total.